The topological polar surface area (TPSA) is 101 Å². The minimum absolute atomic E-state index is 0.0177. The van der Waals surface area contributed by atoms with Crippen LogP contribution < -0.4 is 15.4 Å². The minimum atomic E-state index is -0.0177. The monoisotopic (exact) mass is 475 g/mol. The summed E-state index contributed by atoms with van der Waals surface area (Å²) in [5.41, 5.74) is 4.97. The molecule has 1 aliphatic heterocycles. The number of fused-ring (bicyclic) bond motifs is 1. The van der Waals surface area contributed by atoms with Gasteiger partial charge < -0.3 is 20.1 Å². The number of benzene rings is 1. The maximum atomic E-state index is 12.4. The molecule has 184 valence electrons. The molecule has 3 aliphatic rings. The molecule has 2 aromatic heterocycles. The third kappa shape index (κ3) is 5.12. The second kappa shape index (κ2) is 9.85. The van der Waals surface area contributed by atoms with Crippen LogP contribution in [0.2, 0.25) is 0 Å². The lowest BCUT2D eigenvalue weighted by Gasteiger charge is -2.23. The summed E-state index contributed by atoms with van der Waals surface area (Å²) in [5, 5.41) is 14.5. The Balaban J connectivity index is 1.29. The quantitative estimate of drug-likeness (QED) is 0.437. The number of ether oxygens (including phenoxy) is 2. The van der Waals surface area contributed by atoms with Gasteiger partial charge in [-0.3, -0.25) is 9.89 Å². The number of aromatic amines is 1. The number of carbonyl (C=O) groups excluding carboxylic acids is 1. The summed E-state index contributed by atoms with van der Waals surface area (Å²) < 4.78 is 11.8. The van der Waals surface area contributed by atoms with Gasteiger partial charge in [-0.15, -0.1) is 0 Å². The highest BCUT2D eigenvalue weighted by Crippen LogP contribution is 2.34. The predicted molar refractivity (Wildman–Crippen MR) is 135 cm³/mol. The molecule has 1 amide bonds. The van der Waals surface area contributed by atoms with Crippen LogP contribution in [0.1, 0.15) is 61.7 Å². The normalized spacial score (nSPS) is 19.2. The van der Waals surface area contributed by atoms with Crippen molar-refractivity contribution in [2.24, 2.45) is 5.92 Å². The molecule has 2 saturated carbocycles. The summed E-state index contributed by atoms with van der Waals surface area (Å²) in [6, 6.07) is 9.95. The molecule has 0 spiro atoms. The SMILES string of the molecule is O=C(NC1CC1)c1ccc(-c2n[nH]c3c(NCC4CCOCC4)cc(OC4CCCC4)nc23)cc1. The van der Waals surface area contributed by atoms with E-state index in [9.17, 15) is 4.79 Å². The number of H-pyrrole nitrogens is 1. The zero-order chi connectivity index (χ0) is 23.6. The van der Waals surface area contributed by atoms with Crippen molar-refractivity contribution in [2.75, 3.05) is 25.1 Å². The molecule has 35 heavy (non-hydrogen) atoms. The van der Waals surface area contributed by atoms with Crippen LogP contribution in [0.3, 0.4) is 0 Å². The zero-order valence-electron chi connectivity index (χ0n) is 20.0. The summed E-state index contributed by atoms with van der Waals surface area (Å²) >= 11 is 0. The first-order valence-electron chi connectivity index (χ1n) is 13.0. The van der Waals surface area contributed by atoms with Crippen LogP contribution in [0.25, 0.3) is 22.3 Å². The van der Waals surface area contributed by atoms with Crippen LogP contribution in [0.5, 0.6) is 5.88 Å². The Morgan fingerprint density at radius 3 is 2.57 bits per heavy atom. The van der Waals surface area contributed by atoms with Crippen molar-refractivity contribution in [3.63, 3.8) is 0 Å². The van der Waals surface area contributed by atoms with Crippen LogP contribution in [0.4, 0.5) is 5.69 Å². The molecule has 1 saturated heterocycles. The van der Waals surface area contributed by atoms with Gasteiger partial charge in [0.05, 0.1) is 5.69 Å². The van der Waals surface area contributed by atoms with E-state index in [1.165, 1.54) is 12.8 Å². The molecule has 0 bridgehead atoms. The van der Waals surface area contributed by atoms with Gasteiger partial charge in [0.25, 0.3) is 5.91 Å². The highest BCUT2D eigenvalue weighted by atomic mass is 16.5. The van der Waals surface area contributed by atoms with E-state index >= 15 is 0 Å². The number of aromatic nitrogens is 3. The number of hydrogen-bond donors (Lipinski definition) is 3. The Hall–Kier alpha value is -3.13. The van der Waals surface area contributed by atoms with E-state index in [0.29, 0.717) is 23.4 Å². The molecule has 3 aromatic rings. The van der Waals surface area contributed by atoms with Crippen molar-refractivity contribution >= 4 is 22.6 Å². The Morgan fingerprint density at radius 1 is 1.06 bits per heavy atom. The molecule has 8 nitrogen and oxygen atoms in total. The molecule has 3 heterocycles. The lowest BCUT2D eigenvalue weighted by atomic mass is 10.0. The fourth-order valence-electron chi connectivity index (χ4n) is 5.03. The maximum absolute atomic E-state index is 12.4. The molecule has 1 aromatic carbocycles. The average Bonchev–Trinajstić information content (AvgIpc) is 3.36. The van der Waals surface area contributed by atoms with Gasteiger partial charge in [-0.05, 0) is 69.4 Å². The summed E-state index contributed by atoms with van der Waals surface area (Å²) in [7, 11) is 0. The van der Waals surface area contributed by atoms with Crippen molar-refractivity contribution in [1.29, 1.82) is 0 Å². The summed E-state index contributed by atoms with van der Waals surface area (Å²) in [6.45, 7) is 2.54. The van der Waals surface area contributed by atoms with Crippen molar-refractivity contribution in [3.05, 3.63) is 35.9 Å². The highest BCUT2D eigenvalue weighted by molar-refractivity contribution is 5.98. The van der Waals surface area contributed by atoms with E-state index in [-0.39, 0.29) is 12.0 Å². The minimum Gasteiger partial charge on any atom is -0.474 e. The highest BCUT2D eigenvalue weighted by Gasteiger charge is 2.24. The van der Waals surface area contributed by atoms with Gasteiger partial charge in [-0.1, -0.05) is 12.1 Å². The third-order valence-corrected chi connectivity index (χ3v) is 7.34. The molecule has 6 rings (SSSR count). The average molecular weight is 476 g/mol. The smallest absolute Gasteiger partial charge is 0.251 e. The van der Waals surface area contributed by atoms with Crippen LogP contribution in [0, 0.1) is 5.92 Å². The maximum Gasteiger partial charge on any atom is 0.251 e. The molecule has 0 radical (unpaired) electrons. The van der Waals surface area contributed by atoms with E-state index in [1.807, 2.05) is 30.3 Å². The fraction of sp³-hybridized carbons (Fsp3) is 0.519. The molecule has 8 heteroatoms. The number of hydrogen-bond acceptors (Lipinski definition) is 6. The second-order valence-corrected chi connectivity index (χ2v) is 10.1. The Labute approximate surface area is 205 Å². The second-order valence-electron chi connectivity index (χ2n) is 10.1. The van der Waals surface area contributed by atoms with Crippen molar-refractivity contribution in [3.8, 4) is 17.1 Å². The zero-order valence-corrected chi connectivity index (χ0v) is 20.0. The summed E-state index contributed by atoms with van der Waals surface area (Å²) in [4.78, 5) is 17.3. The molecular weight excluding hydrogens is 442 g/mol. The molecule has 2 aliphatic carbocycles. The molecule has 3 N–H and O–H groups in total. The van der Waals surface area contributed by atoms with Gasteiger partial charge in [-0.2, -0.15) is 5.10 Å². The van der Waals surface area contributed by atoms with E-state index in [4.69, 9.17) is 14.5 Å². The summed E-state index contributed by atoms with van der Waals surface area (Å²) in [6.07, 6.45) is 9.08. The standard InChI is InChI=1S/C27H33N5O3/c33-27(29-20-9-10-20)19-7-5-18(6-8-19)24-26-25(32-31-24)22(28-16-17-11-13-34-14-12-17)15-23(30-26)35-21-3-1-2-4-21/h5-8,15,17,20-21H,1-4,9-14,16H2,(H,28,30)(H,29,33)(H,31,32). The molecular formula is C27H33N5O3. The Bertz CT molecular complexity index is 1180. The van der Waals surface area contributed by atoms with Gasteiger partial charge in [-0.25, -0.2) is 4.98 Å². The lowest BCUT2D eigenvalue weighted by molar-refractivity contribution is 0.0699. The number of nitrogens with zero attached hydrogens (tertiary/aromatic N) is 2. The van der Waals surface area contributed by atoms with E-state index < -0.39 is 0 Å². The van der Waals surface area contributed by atoms with Crippen molar-refractivity contribution < 1.29 is 14.3 Å². The van der Waals surface area contributed by atoms with Crippen molar-refractivity contribution in [1.82, 2.24) is 20.5 Å². The number of carbonyl (C=O) groups is 1. The third-order valence-electron chi connectivity index (χ3n) is 7.34. The predicted octanol–water partition coefficient (Wildman–Crippen LogP) is 4.68. The molecule has 3 fully saturated rings. The van der Waals surface area contributed by atoms with Gasteiger partial charge in [0.1, 0.15) is 22.8 Å². The van der Waals surface area contributed by atoms with E-state index in [2.05, 4.69) is 20.8 Å². The summed E-state index contributed by atoms with van der Waals surface area (Å²) in [5.74, 6) is 1.21. The van der Waals surface area contributed by atoms with Gasteiger partial charge >= 0.3 is 0 Å². The largest absolute Gasteiger partial charge is 0.474 e. The van der Waals surface area contributed by atoms with Crippen LogP contribution in [-0.2, 0) is 4.74 Å². The Kier molecular flexibility index (Phi) is 6.29. The van der Waals surface area contributed by atoms with Crippen molar-refractivity contribution in [2.45, 2.75) is 63.5 Å². The number of nitrogens with one attached hydrogen (secondary N) is 3. The van der Waals surface area contributed by atoms with Gasteiger partial charge in [0.15, 0.2) is 0 Å². The number of pyridine rings is 1. The molecule has 0 unspecified atom stereocenters. The van der Waals surface area contributed by atoms with Gasteiger partial charge in [0.2, 0.25) is 5.88 Å². The lowest BCUT2D eigenvalue weighted by Crippen LogP contribution is -2.25. The van der Waals surface area contributed by atoms with Gasteiger partial charge in [0, 0.05) is 43.0 Å². The van der Waals surface area contributed by atoms with E-state index in [0.717, 1.165) is 86.3 Å². The number of amides is 1. The first-order valence-corrected chi connectivity index (χ1v) is 13.0. The van der Waals surface area contributed by atoms with E-state index in [1.54, 1.807) is 0 Å². The van der Waals surface area contributed by atoms with Crippen LogP contribution in [0.15, 0.2) is 30.3 Å². The number of anilines is 1. The number of rotatable bonds is 8. The Morgan fingerprint density at radius 2 is 1.83 bits per heavy atom. The first kappa shape index (κ1) is 22.3. The first-order chi connectivity index (χ1) is 17.2. The molecule has 0 atom stereocenters. The van der Waals surface area contributed by atoms with Crippen LogP contribution in [-0.4, -0.2) is 53.0 Å². The fourth-order valence-corrected chi connectivity index (χ4v) is 5.03. The van der Waals surface area contributed by atoms with Crippen LogP contribution >= 0.6 is 0 Å².